The van der Waals surface area contributed by atoms with Gasteiger partial charge in [-0.25, -0.2) is 8.93 Å². The number of halogens is 3. The van der Waals surface area contributed by atoms with Crippen LogP contribution in [-0.4, -0.2) is 16.1 Å². The van der Waals surface area contributed by atoms with Crippen molar-refractivity contribution in [3.63, 3.8) is 0 Å². The smallest absolute Gasteiger partial charge is 0.404 e. The van der Waals surface area contributed by atoms with Crippen LogP contribution in [0.3, 0.4) is 0 Å². The normalized spacial score (nSPS) is 13.2. The lowest BCUT2D eigenvalue weighted by molar-refractivity contribution is -0.275. The lowest BCUT2D eigenvalue weighted by Gasteiger charge is -2.21. The second-order valence-electron chi connectivity index (χ2n) is 5.12. The number of aryl methyl sites for hydroxylation is 1. The fourth-order valence-corrected chi connectivity index (χ4v) is 2.45. The minimum Gasteiger partial charge on any atom is -0.404 e. The van der Waals surface area contributed by atoms with Crippen molar-refractivity contribution < 1.29 is 22.1 Å². The zero-order chi connectivity index (χ0) is 16.8. The second kappa shape index (κ2) is 7.79. The molecule has 0 aromatic heterocycles. The van der Waals surface area contributed by atoms with Gasteiger partial charge in [0, 0.05) is 5.54 Å². The molecule has 0 saturated carbocycles. The van der Waals surface area contributed by atoms with Gasteiger partial charge >= 0.3 is 6.36 Å². The molecule has 1 N–H and O–H groups in total. The molecular formula is C14H22F3NO2S. The highest BCUT2D eigenvalue weighted by atomic mass is 32.2. The van der Waals surface area contributed by atoms with E-state index in [9.17, 15) is 17.4 Å². The molecule has 0 fully saturated rings. The Kier molecular flexibility index (Phi) is 7.39. The van der Waals surface area contributed by atoms with E-state index >= 15 is 0 Å². The predicted molar refractivity (Wildman–Crippen MR) is 78.5 cm³/mol. The molecule has 0 aliphatic heterocycles. The largest absolute Gasteiger partial charge is 0.573 e. The highest BCUT2D eigenvalue weighted by Gasteiger charge is 2.33. The zero-order valence-electron chi connectivity index (χ0n) is 13.1. The van der Waals surface area contributed by atoms with E-state index < -0.39 is 28.6 Å². The topological polar surface area (TPSA) is 38.3 Å². The number of hydrogen-bond acceptors (Lipinski definition) is 2. The van der Waals surface area contributed by atoms with Crippen LogP contribution >= 0.6 is 0 Å². The van der Waals surface area contributed by atoms with Crippen LogP contribution in [0.15, 0.2) is 23.1 Å². The van der Waals surface area contributed by atoms with Crippen molar-refractivity contribution in [2.45, 2.75) is 58.3 Å². The van der Waals surface area contributed by atoms with Crippen LogP contribution in [-0.2, 0) is 11.0 Å². The van der Waals surface area contributed by atoms with Gasteiger partial charge in [-0.1, -0.05) is 19.9 Å². The highest BCUT2D eigenvalue weighted by Crippen LogP contribution is 2.29. The van der Waals surface area contributed by atoms with Gasteiger partial charge in [0.05, 0.1) is 4.90 Å². The Hall–Kier alpha value is -1.08. The van der Waals surface area contributed by atoms with Gasteiger partial charge in [0.15, 0.2) is 0 Å². The molecule has 0 bridgehead atoms. The predicted octanol–water partition coefficient (Wildman–Crippen LogP) is 4.33. The Bertz CT molecular complexity index is 482. The van der Waals surface area contributed by atoms with Crippen molar-refractivity contribution in [3.05, 3.63) is 23.8 Å². The molecule has 0 saturated heterocycles. The van der Waals surface area contributed by atoms with Gasteiger partial charge in [-0.2, -0.15) is 0 Å². The van der Waals surface area contributed by atoms with Crippen molar-refractivity contribution in [3.8, 4) is 5.75 Å². The van der Waals surface area contributed by atoms with Gasteiger partial charge in [0.25, 0.3) is 0 Å². The third kappa shape index (κ3) is 8.06. The summed E-state index contributed by atoms with van der Waals surface area (Å²) in [6.45, 7) is 10.9. The number of ether oxygens (including phenoxy) is 1. The average molecular weight is 325 g/mol. The van der Waals surface area contributed by atoms with E-state index in [4.69, 9.17) is 0 Å². The number of rotatable bonds is 3. The summed E-state index contributed by atoms with van der Waals surface area (Å²) in [5, 5.41) is 0. The van der Waals surface area contributed by atoms with E-state index in [0.717, 1.165) is 0 Å². The van der Waals surface area contributed by atoms with Crippen molar-refractivity contribution in [2.24, 2.45) is 0 Å². The molecule has 1 aromatic carbocycles. The van der Waals surface area contributed by atoms with Crippen LogP contribution in [0.25, 0.3) is 0 Å². The third-order valence-corrected chi connectivity index (χ3v) is 3.46. The maximum absolute atomic E-state index is 12.3. The number of alkyl halides is 3. The quantitative estimate of drug-likeness (QED) is 0.898. The number of hydrogen-bond donors (Lipinski definition) is 1. The fourth-order valence-electron chi connectivity index (χ4n) is 1.31. The summed E-state index contributed by atoms with van der Waals surface area (Å²) in [6.07, 6.45) is -4.81. The molecule has 7 heteroatoms. The van der Waals surface area contributed by atoms with Gasteiger partial charge in [-0.15, -0.1) is 13.2 Å². The zero-order valence-corrected chi connectivity index (χ0v) is 13.9. The molecular weight excluding hydrogens is 303 g/mol. The molecule has 1 rings (SSSR count). The Morgan fingerprint density at radius 1 is 1.14 bits per heavy atom. The SMILES string of the molecule is CC.Cc1ccc(S(=O)NC(C)(C)C)c(OC(F)(F)F)c1. The van der Waals surface area contributed by atoms with Crippen LogP contribution in [0.5, 0.6) is 5.75 Å². The van der Waals surface area contributed by atoms with Crippen molar-refractivity contribution in [1.29, 1.82) is 0 Å². The summed E-state index contributed by atoms with van der Waals surface area (Å²) in [6, 6.07) is 4.16. The molecule has 0 aliphatic carbocycles. The summed E-state index contributed by atoms with van der Waals surface area (Å²) < 4.78 is 55.6. The summed E-state index contributed by atoms with van der Waals surface area (Å²) in [4.78, 5) is -0.0298. The van der Waals surface area contributed by atoms with Crippen LogP contribution in [0.4, 0.5) is 13.2 Å². The standard InChI is InChI=1S/C12H16F3NO2S.C2H6/c1-8-5-6-10(19(17)16-11(2,3)4)9(7-8)18-12(13,14)15;1-2/h5-7,16H,1-4H3;1-2H3. The summed E-state index contributed by atoms with van der Waals surface area (Å²) in [7, 11) is -1.78. The molecule has 1 atom stereocenters. The first-order chi connectivity index (χ1) is 9.48. The minimum atomic E-state index is -4.81. The summed E-state index contributed by atoms with van der Waals surface area (Å²) in [5.74, 6) is -0.442. The van der Waals surface area contributed by atoms with Crippen LogP contribution in [0, 0.1) is 6.92 Å². The van der Waals surface area contributed by atoms with Crippen molar-refractivity contribution >= 4 is 11.0 Å². The van der Waals surface area contributed by atoms with E-state index in [2.05, 4.69) is 9.46 Å². The number of nitrogens with one attached hydrogen (secondary N) is 1. The Balaban J connectivity index is 0.00000191. The molecule has 3 nitrogen and oxygen atoms in total. The molecule has 0 aliphatic rings. The van der Waals surface area contributed by atoms with Crippen molar-refractivity contribution in [2.75, 3.05) is 0 Å². The maximum atomic E-state index is 12.3. The third-order valence-electron chi connectivity index (χ3n) is 1.92. The monoisotopic (exact) mass is 325 g/mol. The van der Waals surface area contributed by atoms with Gasteiger partial charge in [-0.3, -0.25) is 0 Å². The first-order valence-corrected chi connectivity index (χ1v) is 7.69. The van der Waals surface area contributed by atoms with Gasteiger partial charge in [0.1, 0.15) is 16.7 Å². The van der Waals surface area contributed by atoms with E-state index in [1.54, 1.807) is 33.8 Å². The molecule has 0 spiro atoms. The van der Waals surface area contributed by atoms with Gasteiger partial charge in [-0.05, 0) is 45.4 Å². The molecule has 1 aromatic rings. The fraction of sp³-hybridized carbons (Fsp3) is 0.571. The highest BCUT2D eigenvalue weighted by molar-refractivity contribution is 7.83. The summed E-state index contributed by atoms with van der Waals surface area (Å²) in [5.41, 5.74) is 0.0985. The van der Waals surface area contributed by atoms with E-state index in [1.165, 1.54) is 12.1 Å². The molecule has 0 heterocycles. The first kappa shape index (κ1) is 19.9. The molecule has 1 unspecified atom stereocenters. The maximum Gasteiger partial charge on any atom is 0.573 e. The Morgan fingerprint density at radius 3 is 2.10 bits per heavy atom. The average Bonchev–Trinajstić information content (AvgIpc) is 2.26. The molecule has 0 amide bonds. The van der Waals surface area contributed by atoms with E-state index in [0.29, 0.717) is 5.56 Å². The Labute approximate surface area is 126 Å². The lowest BCUT2D eigenvalue weighted by atomic mass is 10.1. The van der Waals surface area contributed by atoms with Gasteiger partial charge < -0.3 is 4.74 Å². The van der Waals surface area contributed by atoms with Crippen LogP contribution in [0.1, 0.15) is 40.2 Å². The van der Waals surface area contributed by atoms with E-state index in [1.807, 2.05) is 13.8 Å². The molecule has 0 radical (unpaired) electrons. The minimum absolute atomic E-state index is 0.0298. The first-order valence-electron chi connectivity index (χ1n) is 6.54. The van der Waals surface area contributed by atoms with Crippen molar-refractivity contribution in [1.82, 2.24) is 4.72 Å². The van der Waals surface area contributed by atoms with E-state index in [-0.39, 0.29) is 4.90 Å². The van der Waals surface area contributed by atoms with Gasteiger partial charge in [0.2, 0.25) is 0 Å². The Morgan fingerprint density at radius 2 is 1.67 bits per heavy atom. The molecule has 122 valence electrons. The second-order valence-corrected chi connectivity index (χ2v) is 6.30. The van der Waals surface area contributed by atoms with Crippen LogP contribution in [0.2, 0.25) is 0 Å². The number of benzene rings is 1. The lowest BCUT2D eigenvalue weighted by Crippen LogP contribution is -2.37. The molecule has 21 heavy (non-hydrogen) atoms. The summed E-state index contributed by atoms with van der Waals surface area (Å²) >= 11 is 0. The van der Waals surface area contributed by atoms with Crippen LogP contribution < -0.4 is 9.46 Å².